The predicted molar refractivity (Wildman–Crippen MR) is 76.6 cm³/mol. The second-order valence-corrected chi connectivity index (χ2v) is 5.26. The van der Waals surface area contributed by atoms with E-state index in [-0.39, 0.29) is 18.6 Å². The molecule has 0 saturated heterocycles. The molecule has 0 fully saturated rings. The maximum absolute atomic E-state index is 12.4. The lowest BCUT2D eigenvalue weighted by molar-refractivity contribution is 0.0693. The van der Waals surface area contributed by atoms with Crippen LogP contribution in [0.4, 0.5) is 0 Å². The molecule has 1 aromatic carbocycles. The summed E-state index contributed by atoms with van der Waals surface area (Å²) >= 11 is 10.3. The van der Waals surface area contributed by atoms with E-state index in [2.05, 4.69) is 12.6 Å². The van der Waals surface area contributed by atoms with Crippen LogP contribution in [0.3, 0.4) is 0 Å². The smallest absolute Gasteiger partial charge is 0.255 e. The van der Waals surface area contributed by atoms with Crippen LogP contribution in [0.25, 0.3) is 0 Å². The number of aliphatic hydroxyl groups is 1. The molecule has 0 heterocycles. The van der Waals surface area contributed by atoms with Crippen molar-refractivity contribution in [2.24, 2.45) is 0 Å². The second-order valence-electron chi connectivity index (χ2n) is 4.33. The summed E-state index contributed by atoms with van der Waals surface area (Å²) in [6, 6.07) is 5.14. The number of aliphatic hydroxyl groups excluding tert-OH is 1. The van der Waals surface area contributed by atoms with Gasteiger partial charge in [-0.05, 0) is 38.5 Å². The van der Waals surface area contributed by atoms with Crippen molar-refractivity contribution in [2.45, 2.75) is 31.2 Å². The van der Waals surface area contributed by atoms with Crippen molar-refractivity contribution >= 4 is 30.1 Å². The van der Waals surface area contributed by atoms with E-state index in [0.717, 1.165) is 0 Å². The highest BCUT2D eigenvalue weighted by atomic mass is 35.5. The number of carbonyl (C=O) groups excluding carboxylic acids is 1. The van der Waals surface area contributed by atoms with Gasteiger partial charge in [-0.15, -0.1) is 12.6 Å². The number of benzene rings is 1. The maximum Gasteiger partial charge on any atom is 0.255 e. The molecule has 0 aliphatic carbocycles. The Morgan fingerprint density at radius 2 is 2.17 bits per heavy atom. The molecule has 100 valence electrons. The van der Waals surface area contributed by atoms with E-state index in [1.54, 1.807) is 23.1 Å². The zero-order valence-corrected chi connectivity index (χ0v) is 12.2. The number of nitrogens with zero attached hydrogens (tertiary/aromatic N) is 1. The van der Waals surface area contributed by atoms with E-state index in [1.165, 1.54) is 0 Å². The standard InChI is InChI=1S/C13H18ClNO2S/c1-9(2)15(6-3-7-16)13(17)11-8-10(18)4-5-12(11)14/h4-5,8-9,16,18H,3,6-7H2,1-2H3. The lowest BCUT2D eigenvalue weighted by Gasteiger charge is -2.27. The van der Waals surface area contributed by atoms with Gasteiger partial charge in [-0.3, -0.25) is 4.79 Å². The monoisotopic (exact) mass is 287 g/mol. The van der Waals surface area contributed by atoms with Gasteiger partial charge in [0.25, 0.3) is 5.91 Å². The minimum Gasteiger partial charge on any atom is -0.396 e. The number of rotatable bonds is 5. The van der Waals surface area contributed by atoms with Crippen LogP contribution in [-0.4, -0.2) is 35.1 Å². The summed E-state index contributed by atoms with van der Waals surface area (Å²) < 4.78 is 0. The summed E-state index contributed by atoms with van der Waals surface area (Å²) in [6.45, 7) is 4.46. The summed E-state index contributed by atoms with van der Waals surface area (Å²) in [5.41, 5.74) is 0.454. The van der Waals surface area contributed by atoms with E-state index >= 15 is 0 Å². The Hall–Kier alpha value is -0.710. The molecular formula is C13H18ClNO2S. The fourth-order valence-corrected chi connectivity index (χ4v) is 2.07. The Morgan fingerprint density at radius 3 is 2.72 bits per heavy atom. The molecule has 0 aliphatic rings. The zero-order chi connectivity index (χ0) is 13.7. The molecule has 1 rings (SSSR count). The van der Waals surface area contributed by atoms with Crippen LogP contribution in [-0.2, 0) is 0 Å². The minimum absolute atomic E-state index is 0.0590. The zero-order valence-electron chi connectivity index (χ0n) is 10.6. The van der Waals surface area contributed by atoms with Crippen molar-refractivity contribution in [3.63, 3.8) is 0 Å². The summed E-state index contributed by atoms with van der Waals surface area (Å²) in [4.78, 5) is 14.8. The average Bonchev–Trinajstić information content (AvgIpc) is 2.32. The Bertz CT molecular complexity index is 423. The molecule has 0 atom stereocenters. The molecule has 1 aromatic rings. The van der Waals surface area contributed by atoms with Gasteiger partial charge in [0.15, 0.2) is 0 Å². The van der Waals surface area contributed by atoms with Crippen LogP contribution >= 0.6 is 24.2 Å². The second kappa shape index (κ2) is 7.02. The van der Waals surface area contributed by atoms with Gasteiger partial charge < -0.3 is 10.0 Å². The molecular weight excluding hydrogens is 270 g/mol. The quantitative estimate of drug-likeness (QED) is 0.818. The van der Waals surface area contributed by atoms with Gasteiger partial charge in [0.2, 0.25) is 0 Å². The van der Waals surface area contributed by atoms with Crippen molar-refractivity contribution in [1.29, 1.82) is 0 Å². The minimum atomic E-state index is -0.126. The number of thiol groups is 1. The molecule has 0 bridgehead atoms. The third-order valence-electron chi connectivity index (χ3n) is 2.62. The number of carbonyl (C=O) groups is 1. The highest BCUT2D eigenvalue weighted by Crippen LogP contribution is 2.22. The molecule has 1 amide bonds. The molecule has 5 heteroatoms. The third kappa shape index (κ3) is 3.90. The van der Waals surface area contributed by atoms with Crippen LogP contribution < -0.4 is 0 Å². The Labute approximate surface area is 118 Å². The molecule has 3 nitrogen and oxygen atoms in total. The number of hydrogen-bond acceptors (Lipinski definition) is 3. The number of hydrogen-bond donors (Lipinski definition) is 2. The third-order valence-corrected chi connectivity index (χ3v) is 3.23. The fourth-order valence-electron chi connectivity index (χ4n) is 1.67. The molecule has 1 N–H and O–H groups in total. The first-order valence-electron chi connectivity index (χ1n) is 5.87. The van der Waals surface area contributed by atoms with Gasteiger partial charge in [-0.25, -0.2) is 0 Å². The highest BCUT2D eigenvalue weighted by Gasteiger charge is 2.20. The van der Waals surface area contributed by atoms with Crippen LogP contribution in [0.1, 0.15) is 30.6 Å². The predicted octanol–water partition coefficient (Wildman–Crippen LogP) is 2.86. The maximum atomic E-state index is 12.4. The summed E-state index contributed by atoms with van der Waals surface area (Å²) in [5, 5.41) is 9.30. The van der Waals surface area contributed by atoms with Crippen LogP contribution in [0.15, 0.2) is 23.1 Å². The first kappa shape index (κ1) is 15.3. The number of amides is 1. The highest BCUT2D eigenvalue weighted by molar-refractivity contribution is 7.80. The first-order chi connectivity index (χ1) is 8.47. The number of halogens is 1. The van der Waals surface area contributed by atoms with Crippen molar-refractivity contribution in [3.8, 4) is 0 Å². The molecule has 0 spiro atoms. The Morgan fingerprint density at radius 1 is 1.50 bits per heavy atom. The van der Waals surface area contributed by atoms with Gasteiger partial charge in [0, 0.05) is 24.1 Å². The molecule has 0 aromatic heterocycles. The van der Waals surface area contributed by atoms with Gasteiger partial charge in [0.1, 0.15) is 0 Å². The average molecular weight is 288 g/mol. The Balaban J connectivity index is 2.98. The largest absolute Gasteiger partial charge is 0.396 e. The molecule has 0 aliphatic heterocycles. The van der Waals surface area contributed by atoms with Gasteiger partial charge in [-0.1, -0.05) is 11.6 Å². The summed E-state index contributed by atoms with van der Waals surface area (Å²) in [7, 11) is 0. The van der Waals surface area contributed by atoms with Crippen LogP contribution in [0.2, 0.25) is 5.02 Å². The van der Waals surface area contributed by atoms with Gasteiger partial charge in [-0.2, -0.15) is 0 Å². The van der Waals surface area contributed by atoms with Crippen molar-refractivity contribution in [1.82, 2.24) is 4.90 Å². The van der Waals surface area contributed by atoms with E-state index in [9.17, 15) is 4.79 Å². The SMILES string of the molecule is CC(C)N(CCCO)C(=O)c1cc(S)ccc1Cl. The fraction of sp³-hybridized carbons (Fsp3) is 0.462. The molecule has 18 heavy (non-hydrogen) atoms. The Kier molecular flexibility index (Phi) is 5.99. The lowest BCUT2D eigenvalue weighted by Crippen LogP contribution is -2.38. The van der Waals surface area contributed by atoms with Gasteiger partial charge >= 0.3 is 0 Å². The van der Waals surface area contributed by atoms with E-state index in [1.807, 2.05) is 13.8 Å². The van der Waals surface area contributed by atoms with E-state index in [0.29, 0.717) is 28.4 Å². The topological polar surface area (TPSA) is 40.5 Å². The lowest BCUT2D eigenvalue weighted by atomic mass is 10.1. The van der Waals surface area contributed by atoms with E-state index < -0.39 is 0 Å². The van der Waals surface area contributed by atoms with Crippen LogP contribution in [0, 0.1) is 0 Å². The van der Waals surface area contributed by atoms with E-state index in [4.69, 9.17) is 16.7 Å². The summed E-state index contributed by atoms with van der Waals surface area (Å²) in [6.07, 6.45) is 0.558. The van der Waals surface area contributed by atoms with Crippen LogP contribution in [0.5, 0.6) is 0 Å². The van der Waals surface area contributed by atoms with Crippen molar-refractivity contribution in [3.05, 3.63) is 28.8 Å². The van der Waals surface area contributed by atoms with Gasteiger partial charge in [0.05, 0.1) is 10.6 Å². The van der Waals surface area contributed by atoms with Crippen molar-refractivity contribution < 1.29 is 9.90 Å². The van der Waals surface area contributed by atoms with Crippen molar-refractivity contribution in [2.75, 3.05) is 13.2 Å². The summed E-state index contributed by atoms with van der Waals surface area (Å²) in [5.74, 6) is -0.126. The normalized spacial score (nSPS) is 10.8. The molecule has 0 saturated carbocycles. The molecule has 0 radical (unpaired) electrons. The molecule has 0 unspecified atom stereocenters. The first-order valence-corrected chi connectivity index (χ1v) is 6.70.